The van der Waals surface area contributed by atoms with Crippen molar-refractivity contribution in [2.45, 2.75) is 12.8 Å². The molecule has 5 heteroatoms. The molecule has 1 saturated carbocycles. The number of halogens is 1. The number of amides is 1. The molecule has 1 spiro atoms. The SMILES string of the molecule is COCCN(C)C(=O)C1CC12CCNC2.Cl. The first-order chi connectivity index (χ1) is 7.19. The fourth-order valence-electron chi connectivity index (χ4n) is 2.54. The number of rotatable bonds is 4. The number of nitrogens with zero attached hydrogens (tertiary/aromatic N) is 1. The zero-order chi connectivity index (χ0) is 10.9. The van der Waals surface area contributed by atoms with Gasteiger partial charge in [0, 0.05) is 33.2 Å². The molecule has 0 aromatic carbocycles. The van der Waals surface area contributed by atoms with Crippen molar-refractivity contribution < 1.29 is 9.53 Å². The molecule has 16 heavy (non-hydrogen) atoms. The summed E-state index contributed by atoms with van der Waals surface area (Å²) in [4.78, 5) is 13.8. The number of carbonyl (C=O) groups is 1. The summed E-state index contributed by atoms with van der Waals surface area (Å²) >= 11 is 0. The predicted octanol–water partition coefficient (Wildman–Crippen LogP) is 0.513. The van der Waals surface area contributed by atoms with Crippen LogP contribution in [0.5, 0.6) is 0 Å². The average Bonchev–Trinajstić information content (AvgIpc) is 2.72. The molecule has 4 nitrogen and oxygen atoms in total. The summed E-state index contributed by atoms with van der Waals surface area (Å²) in [5.41, 5.74) is 0.318. The van der Waals surface area contributed by atoms with E-state index in [1.54, 1.807) is 12.0 Å². The van der Waals surface area contributed by atoms with Gasteiger partial charge in [0.1, 0.15) is 0 Å². The van der Waals surface area contributed by atoms with Crippen LogP contribution < -0.4 is 5.32 Å². The molecule has 0 aromatic heterocycles. The lowest BCUT2D eigenvalue weighted by molar-refractivity contribution is -0.132. The van der Waals surface area contributed by atoms with E-state index in [0.29, 0.717) is 24.5 Å². The monoisotopic (exact) mass is 248 g/mol. The van der Waals surface area contributed by atoms with E-state index >= 15 is 0 Å². The maximum Gasteiger partial charge on any atom is 0.226 e. The Kier molecular flexibility index (Phi) is 4.59. The molecule has 1 heterocycles. The van der Waals surface area contributed by atoms with Gasteiger partial charge in [-0.25, -0.2) is 0 Å². The molecule has 2 atom stereocenters. The third kappa shape index (κ3) is 2.50. The highest BCUT2D eigenvalue weighted by atomic mass is 35.5. The van der Waals surface area contributed by atoms with Crippen molar-refractivity contribution in [3.8, 4) is 0 Å². The van der Waals surface area contributed by atoms with Gasteiger partial charge in [-0.1, -0.05) is 0 Å². The van der Waals surface area contributed by atoms with Crippen molar-refractivity contribution >= 4 is 18.3 Å². The highest BCUT2D eigenvalue weighted by molar-refractivity contribution is 5.85. The van der Waals surface area contributed by atoms with E-state index in [2.05, 4.69) is 5.32 Å². The zero-order valence-corrected chi connectivity index (χ0v) is 10.8. The molecule has 2 rings (SSSR count). The summed E-state index contributed by atoms with van der Waals surface area (Å²) in [5, 5.41) is 3.35. The minimum Gasteiger partial charge on any atom is -0.383 e. The smallest absolute Gasteiger partial charge is 0.226 e. The van der Waals surface area contributed by atoms with Gasteiger partial charge < -0.3 is 15.0 Å². The minimum atomic E-state index is 0. The molecule has 2 fully saturated rings. The quantitative estimate of drug-likeness (QED) is 0.789. The Morgan fingerprint density at radius 1 is 1.62 bits per heavy atom. The van der Waals surface area contributed by atoms with Gasteiger partial charge in [0.2, 0.25) is 5.91 Å². The van der Waals surface area contributed by atoms with Gasteiger partial charge in [0.15, 0.2) is 0 Å². The van der Waals surface area contributed by atoms with Gasteiger partial charge >= 0.3 is 0 Å². The van der Waals surface area contributed by atoms with E-state index in [9.17, 15) is 4.79 Å². The molecular formula is C11H21ClN2O2. The standard InChI is InChI=1S/C11H20N2O2.ClH/c1-13(5-6-15-2)10(14)9-7-11(9)3-4-12-8-11;/h9,12H,3-8H2,1-2H3;1H. The number of likely N-dealkylation sites (N-methyl/N-ethyl adjacent to an activating group) is 1. The molecule has 2 aliphatic rings. The van der Waals surface area contributed by atoms with Crippen molar-refractivity contribution in [3.63, 3.8) is 0 Å². The highest BCUT2D eigenvalue weighted by Gasteiger charge is 2.59. The van der Waals surface area contributed by atoms with Gasteiger partial charge in [-0.3, -0.25) is 4.79 Å². The van der Waals surface area contributed by atoms with Crippen LogP contribution in [0, 0.1) is 11.3 Å². The maximum absolute atomic E-state index is 12.0. The van der Waals surface area contributed by atoms with Crippen molar-refractivity contribution in [1.29, 1.82) is 0 Å². The van der Waals surface area contributed by atoms with Crippen LogP contribution in [-0.2, 0) is 9.53 Å². The van der Waals surface area contributed by atoms with E-state index in [-0.39, 0.29) is 18.3 Å². The van der Waals surface area contributed by atoms with E-state index < -0.39 is 0 Å². The maximum atomic E-state index is 12.0. The lowest BCUT2D eigenvalue weighted by Crippen LogP contribution is -2.33. The largest absolute Gasteiger partial charge is 0.383 e. The molecule has 1 aliphatic carbocycles. The van der Waals surface area contributed by atoms with Gasteiger partial charge in [-0.2, -0.15) is 0 Å². The summed E-state index contributed by atoms with van der Waals surface area (Å²) in [7, 11) is 3.54. The minimum absolute atomic E-state index is 0. The molecular weight excluding hydrogens is 228 g/mol. The van der Waals surface area contributed by atoms with E-state index in [1.807, 2.05) is 7.05 Å². The Morgan fingerprint density at radius 3 is 2.94 bits per heavy atom. The van der Waals surface area contributed by atoms with Crippen LogP contribution in [-0.4, -0.2) is 51.2 Å². The molecule has 0 aromatic rings. The number of ether oxygens (including phenoxy) is 1. The molecule has 0 radical (unpaired) electrons. The molecule has 1 saturated heterocycles. The summed E-state index contributed by atoms with van der Waals surface area (Å²) in [6, 6.07) is 0. The number of nitrogens with one attached hydrogen (secondary N) is 1. The lowest BCUT2D eigenvalue weighted by atomic mass is 10.0. The molecule has 2 unspecified atom stereocenters. The summed E-state index contributed by atoms with van der Waals surface area (Å²) in [6.07, 6.45) is 2.25. The first kappa shape index (κ1) is 13.7. The van der Waals surface area contributed by atoms with Crippen LogP contribution in [0.3, 0.4) is 0 Å². The summed E-state index contributed by atoms with van der Waals surface area (Å²) in [5.74, 6) is 0.574. The first-order valence-electron chi connectivity index (χ1n) is 5.64. The summed E-state index contributed by atoms with van der Waals surface area (Å²) in [6.45, 7) is 3.43. The highest BCUT2D eigenvalue weighted by Crippen LogP contribution is 2.57. The Balaban J connectivity index is 0.00000128. The number of methoxy groups -OCH3 is 1. The second-order valence-electron chi connectivity index (χ2n) is 4.80. The second kappa shape index (κ2) is 5.34. The Morgan fingerprint density at radius 2 is 2.38 bits per heavy atom. The molecule has 1 amide bonds. The van der Waals surface area contributed by atoms with Crippen LogP contribution in [0.1, 0.15) is 12.8 Å². The van der Waals surface area contributed by atoms with Gasteiger partial charge in [-0.15, -0.1) is 12.4 Å². The van der Waals surface area contributed by atoms with E-state index in [0.717, 1.165) is 19.5 Å². The first-order valence-corrected chi connectivity index (χ1v) is 5.64. The summed E-state index contributed by atoms with van der Waals surface area (Å²) < 4.78 is 4.97. The normalized spacial score (nSPS) is 31.2. The molecule has 1 N–H and O–H groups in total. The molecule has 0 bridgehead atoms. The van der Waals surface area contributed by atoms with Crippen LogP contribution in [0.25, 0.3) is 0 Å². The van der Waals surface area contributed by atoms with Gasteiger partial charge in [-0.05, 0) is 24.8 Å². The van der Waals surface area contributed by atoms with Crippen LogP contribution in [0.4, 0.5) is 0 Å². The van der Waals surface area contributed by atoms with Crippen LogP contribution in [0.2, 0.25) is 0 Å². The van der Waals surface area contributed by atoms with Crippen molar-refractivity contribution in [2.24, 2.45) is 11.3 Å². The topological polar surface area (TPSA) is 41.6 Å². The van der Waals surface area contributed by atoms with Crippen LogP contribution >= 0.6 is 12.4 Å². The van der Waals surface area contributed by atoms with Crippen molar-refractivity contribution in [1.82, 2.24) is 10.2 Å². The van der Waals surface area contributed by atoms with Crippen LogP contribution in [0.15, 0.2) is 0 Å². The van der Waals surface area contributed by atoms with Crippen molar-refractivity contribution in [3.05, 3.63) is 0 Å². The number of carbonyl (C=O) groups excluding carboxylic acids is 1. The second-order valence-corrected chi connectivity index (χ2v) is 4.80. The third-order valence-corrected chi connectivity index (χ3v) is 3.77. The van der Waals surface area contributed by atoms with Gasteiger partial charge in [0.05, 0.1) is 6.61 Å². The zero-order valence-electron chi connectivity index (χ0n) is 9.99. The van der Waals surface area contributed by atoms with Gasteiger partial charge in [0.25, 0.3) is 0 Å². The van der Waals surface area contributed by atoms with E-state index in [1.165, 1.54) is 6.42 Å². The fourth-order valence-corrected chi connectivity index (χ4v) is 2.54. The Bertz CT molecular complexity index is 254. The molecule has 94 valence electrons. The molecule has 1 aliphatic heterocycles. The third-order valence-electron chi connectivity index (χ3n) is 3.77. The Hall–Kier alpha value is -0.320. The predicted molar refractivity (Wildman–Crippen MR) is 64.8 cm³/mol. The fraction of sp³-hybridized carbons (Fsp3) is 0.909. The number of hydrogen-bond acceptors (Lipinski definition) is 3. The number of hydrogen-bond donors (Lipinski definition) is 1. The average molecular weight is 249 g/mol. The van der Waals surface area contributed by atoms with Crippen molar-refractivity contribution in [2.75, 3.05) is 40.4 Å². The Labute approximate surface area is 103 Å². The lowest BCUT2D eigenvalue weighted by Gasteiger charge is -2.18. The van der Waals surface area contributed by atoms with E-state index in [4.69, 9.17) is 4.74 Å².